The van der Waals surface area contributed by atoms with Gasteiger partial charge in [0.15, 0.2) is 0 Å². The zero-order valence-corrected chi connectivity index (χ0v) is 15.0. The molecular weight excluding hydrogens is 292 g/mol. The van der Waals surface area contributed by atoms with Crippen LogP contribution in [0.15, 0.2) is 0 Å². The van der Waals surface area contributed by atoms with E-state index in [1.54, 1.807) is 35.5 Å². The molecule has 0 aliphatic carbocycles. The third-order valence-electron chi connectivity index (χ3n) is 3.93. The van der Waals surface area contributed by atoms with Crippen LogP contribution in [-0.2, 0) is 22.8 Å². The van der Waals surface area contributed by atoms with Crippen LogP contribution in [-0.4, -0.2) is 100 Å². The molecule has 0 amide bonds. The molecule has 0 aromatic rings. The summed E-state index contributed by atoms with van der Waals surface area (Å²) >= 11 is 0. The Bertz CT molecular complexity index is 257. The fourth-order valence-corrected chi connectivity index (χ4v) is 5.28. The molecule has 1 saturated heterocycles. The summed E-state index contributed by atoms with van der Waals surface area (Å²) in [5, 5.41) is 0. The lowest BCUT2D eigenvalue weighted by Gasteiger charge is -2.44. The van der Waals surface area contributed by atoms with Crippen molar-refractivity contribution in [3.63, 3.8) is 0 Å². The number of hydrogen-bond donors (Lipinski definition) is 0. The number of methoxy groups -OCH3 is 2. The topological polar surface area (TPSA) is 52.6 Å². The highest BCUT2D eigenvalue weighted by Gasteiger charge is 2.50. The van der Waals surface area contributed by atoms with Crippen molar-refractivity contribution >= 4 is 8.80 Å². The van der Waals surface area contributed by atoms with Crippen molar-refractivity contribution in [2.24, 2.45) is 0 Å². The smallest absolute Gasteiger partial charge is 0.383 e. The van der Waals surface area contributed by atoms with E-state index in [1.807, 2.05) is 0 Å². The van der Waals surface area contributed by atoms with Crippen molar-refractivity contribution in [2.45, 2.75) is 5.54 Å². The summed E-state index contributed by atoms with van der Waals surface area (Å²) in [5.41, 5.74) is 0.222. The van der Waals surface area contributed by atoms with E-state index >= 15 is 0 Å². The summed E-state index contributed by atoms with van der Waals surface area (Å²) in [6.45, 7) is 5.91. The molecule has 0 aromatic carbocycles. The molecule has 1 fully saturated rings. The third-order valence-corrected chi connectivity index (χ3v) is 7.01. The number of hydrogen-bond acceptors (Lipinski definition) is 7. The minimum Gasteiger partial charge on any atom is -0.383 e. The first-order valence-corrected chi connectivity index (χ1v) is 9.04. The predicted molar refractivity (Wildman–Crippen MR) is 82.3 cm³/mol. The van der Waals surface area contributed by atoms with E-state index in [0.29, 0.717) is 13.2 Å². The molecule has 8 heteroatoms. The van der Waals surface area contributed by atoms with E-state index < -0.39 is 8.80 Å². The van der Waals surface area contributed by atoms with Gasteiger partial charge in [0, 0.05) is 61.7 Å². The van der Waals surface area contributed by atoms with Gasteiger partial charge in [0.2, 0.25) is 0 Å². The quantitative estimate of drug-likeness (QED) is 0.529. The molecule has 0 N–H and O–H groups in total. The van der Waals surface area contributed by atoms with Crippen LogP contribution in [0.3, 0.4) is 0 Å². The van der Waals surface area contributed by atoms with Gasteiger partial charge >= 0.3 is 8.80 Å². The normalized spacial score (nSPS) is 19.3. The van der Waals surface area contributed by atoms with Gasteiger partial charge in [-0.15, -0.1) is 0 Å². The van der Waals surface area contributed by atoms with Crippen LogP contribution >= 0.6 is 0 Å². The maximum atomic E-state index is 5.66. The zero-order valence-electron chi connectivity index (χ0n) is 14.0. The van der Waals surface area contributed by atoms with Crippen LogP contribution < -0.4 is 0 Å². The van der Waals surface area contributed by atoms with Gasteiger partial charge < -0.3 is 22.8 Å². The second-order valence-electron chi connectivity index (χ2n) is 5.19. The van der Waals surface area contributed by atoms with Gasteiger partial charge in [-0.3, -0.25) is 9.80 Å². The van der Waals surface area contributed by atoms with E-state index in [1.165, 1.54) is 0 Å². The lowest BCUT2D eigenvalue weighted by atomic mass is 10.3. The fraction of sp³-hybridized carbons (Fsp3) is 1.00. The van der Waals surface area contributed by atoms with Crippen molar-refractivity contribution in [2.75, 3.05) is 81.6 Å². The average Bonchev–Trinajstić information content (AvgIpc) is 2.53. The molecule has 0 aromatic heterocycles. The lowest BCUT2D eigenvalue weighted by molar-refractivity contribution is 0.0205. The molecule has 1 aliphatic heterocycles. The molecule has 0 atom stereocenters. The molecule has 0 saturated carbocycles. The van der Waals surface area contributed by atoms with E-state index in [4.69, 9.17) is 22.8 Å². The molecule has 0 radical (unpaired) electrons. The first-order valence-electron chi connectivity index (χ1n) is 7.23. The largest absolute Gasteiger partial charge is 0.506 e. The van der Waals surface area contributed by atoms with E-state index in [2.05, 4.69) is 9.80 Å². The lowest BCUT2D eigenvalue weighted by Crippen LogP contribution is -2.59. The maximum absolute atomic E-state index is 5.66. The Hall–Kier alpha value is -0.0631. The summed E-state index contributed by atoms with van der Waals surface area (Å²) < 4.78 is 27.4. The molecule has 0 spiro atoms. The first-order chi connectivity index (χ1) is 10.2. The van der Waals surface area contributed by atoms with Crippen molar-refractivity contribution in [1.82, 2.24) is 9.80 Å². The number of ether oxygens (including phenoxy) is 2. The third kappa shape index (κ3) is 5.26. The van der Waals surface area contributed by atoms with Crippen LogP contribution in [0.1, 0.15) is 0 Å². The molecule has 0 bridgehead atoms. The van der Waals surface area contributed by atoms with Crippen molar-refractivity contribution in [3.8, 4) is 0 Å². The van der Waals surface area contributed by atoms with Gasteiger partial charge in [-0.1, -0.05) is 0 Å². The van der Waals surface area contributed by atoms with Crippen LogP contribution in [0.2, 0.25) is 5.54 Å². The molecule has 126 valence electrons. The minimum absolute atomic E-state index is 0.222. The minimum atomic E-state index is -2.64. The van der Waals surface area contributed by atoms with Crippen molar-refractivity contribution < 1.29 is 22.8 Å². The molecule has 7 nitrogen and oxygen atoms in total. The Kier molecular flexibility index (Phi) is 8.91. The second kappa shape index (κ2) is 9.85. The van der Waals surface area contributed by atoms with Gasteiger partial charge in [0.1, 0.15) is 0 Å². The molecule has 21 heavy (non-hydrogen) atoms. The highest BCUT2D eigenvalue weighted by Crippen LogP contribution is 2.29. The Morgan fingerprint density at radius 1 is 0.810 bits per heavy atom. The van der Waals surface area contributed by atoms with Gasteiger partial charge in [0.25, 0.3) is 0 Å². The average molecular weight is 322 g/mol. The summed E-state index contributed by atoms with van der Waals surface area (Å²) in [5.74, 6) is 0. The summed E-state index contributed by atoms with van der Waals surface area (Å²) in [7, 11) is 5.83. The van der Waals surface area contributed by atoms with Crippen LogP contribution in [0.4, 0.5) is 0 Å². The van der Waals surface area contributed by atoms with Gasteiger partial charge in [-0.25, -0.2) is 0 Å². The van der Waals surface area contributed by atoms with Crippen LogP contribution in [0.5, 0.6) is 0 Å². The van der Waals surface area contributed by atoms with E-state index in [9.17, 15) is 0 Å². The number of nitrogens with zero attached hydrogens (tertiary/aromatic N) is 2. The van der Waals surface area contributed by atoms with E-state index in [0.717, 1.165) is 32.8 Å². The first kappa shape index (κ1) is 19.0. The fourth-order valence-electron chi connectivity index (χ4n) is 2.82. The molecular formula is C13H30N2O5Si. The van der Waals surface area contributed by atoms with E-state index in [-0.39, 0.29) is 5.54 Å². The van der Waals surface area contributed by atoms with Crippen LogP contribution in [0, 0.1) is 0 Å². The molecule has 1 aliphatic rings. The Morgan fingerprint density at radius 3 is 1.57 bits per heavy atom. The monoisotopic (exact) mass is 322 g/mol. The van der Waals surface area contributed by atoms with Gasteiger partial charge in [-0.2, -0.15) is 0 Å². The van der Waals surface area contributed by atoms with Crippen LogP contribution in [0.25, 0.3) is 0 Å². The maximum Gasteiger partial charge on any atom is 0.506 e. The van der Waals surface area contributed by atoms with Crippen molar-refractivity contribution in [1.29, 1.82) is 0 Å². The zero-order chi connectivity index (χ0) is 15.7. The Balaban J connectivity index is 2.75. The Morgan fingerprint density at radius 2 is 1.24 bits per heavy atom. The summed E-state index contributed by atoms with van der Waals surface area (Å²) in [6, 6.07) is 0. The highest BCUT2D eigenvalue weighted by atomic mass is 28.4. The molecule has 1 heterocycles. The summed E-state index contributed by atoms with van der Waals surface area (Å²) in [4.78, 5) is 4.71. The SMILES string of the molecule is COCCN1CC([Si](OC)(OC)OC)CN(CCOC)C1. The second-order valence-corrected chi connectivity index (χ2v) is 8.44. The molecule has 0 unspecified atom stereocenters. The highest BCUT2D eigenvalue weighted by molar-refractivity contribution is 6.62. The number of rotatable bonds is 10. The standard InChI is InChI=1S/C13H30N2O5Si/c1-16-8-6-14-10-13(21(18-3,19-4)20-5)11-15(12-14)7-9-17-2/h13H,6-12H2,1-5H3. The molecule has 1 rings (SSSR count). The summed E-state index contributed by atoms with van der Waals surface area (Å²) in [6.07, 6.45) is 0. The Labute approximate surface area is 129 Å². The van der Waals surface area contributed by atoms with Gasteiger partial charge in [0.05, 0.1) is 25.4 Å². The predicted octanol–water partition coefficient (Wildman–Crippen LogP) is 0.103. The van der Waals surface area contributed by atoms with Crippen molar-refractivity contribution in [3.05, 3.63) is 0 Å². The van der Waals surface area contributed by atoms with Gasteiger partial charge in [-0.05, 0) is 0 Å².